The molecular formula is C20H18FN7O2S. The number of fused-ring (bicyclic) bond motifs is 1. The molecular weight excluding hydrogens is 421 g/mol. The quantitative estimate of drug-likeness (QED) is 0.487. The minimum atomic E-state index is -3.46. The Hall–Kier alpha value is -3.57. The van der Waals surface area contributed by atoms with E-state index >= 15 is 0 Å². The van der Waals surface area contributed by atoms with Gasteiger partial charge in [-0.15, -0.1) is 10.2 Å². The predicted molar refractivity (Wildman–Crippen MR) is 113 cm³/mol. The van der Waals surface area contributed by atoms with E-state index in [1.54, 1.807) is 36.4 Å². The molecule has 0 spiro atoms. The van der Waals surface area contributed by atoms with Gasteiger partial charge in [0.25, 0.3) is 0 Å². The van der Waals surface area contributed by atoms with Crippen LogP contribution in [0.3, 0.4) is 0 Å². The Morgan fingerprint density at radius 1 is 0.968 bits per heavy atom. The Morgan fingerprint density at radius 2 is 1.68 bits per heavy atom. The average molecular weight is 439 g/mol. The fourth-order valence-electron chi connectivity index (χ4n) is 2.73. The maximum Gasteiger partial charge on any atom is 0.242 e. The van der Waals surface area contributed by atoms with Crippen molar-refractivity contribution >= 4 is 27.1 Å². The van der Waals surface area contributed by atoms with Crippen LogP contribution >= 0.6 is 0 Å². The number of nitrogens with zero attached hydrogens (tertiary/aromatic N) is 6. The molecule has 0 aliphatic rings. The third kappa shape index (κ3) is 4.47. The highest BCUT2D eigenvalue weighted by Gasteiger charge is 2.16. The van der Waals surface area contributed by atoms with Crippen molar-refractivity contribution in [2.45, 2.75) is 11.4 Å². The van der Waals surface area contributed by atoms with Crippen molar-refractivity contribution in [3.63, 3.8) is 0 Å². The van der Waals surface area contributed by atoms with Crippen molar-refractivity contribution in [1.29, 1.82) is 0 Å². The lowest BCUT2D eigenvalue weighted by Crippen LogP contribution is -2.22. The molecule has 4 aromatic rings. The third-order valence-corrected chi connectivity index (χ3v) is 6.30. The number of sulfonamides is 1. The molecule has 31 heavy (non-hydrogen) atoms. The van der Waals surface area contributed by atoms with E-state index in [1.807, 2.05) is 0 Å². The minimum Gasteiger partial charge on any atom is -0.350 e. The smallest absolute Gasteiger partial charge is 0.242 e. The van der Waals surface area contributed by atoms with Crippen molar-refractivity contribution in [3.8, 4) is 11.4 Å². The van der Waals surface area contributed by atoms with Gasteiger partial charge in [0.15, 0.2) is 5.82 Å². The Labute approximate surface area is 178 Å². The van der Waals surface area contributed by atoms with Gasteiger partial charge in [0, 0.05) is 26.2 Å². The average Bonchev–Trinajstić information content (AvgIpc) is 2.78. The van der Waals surface area contributed by atoms with Crippen LogP contribution in [0.25, 0.3) is 22.6 Å². The second-order valence-corrected chi connectivity index (χ2v) is 8.98. The summed E-state index contributed by atoms with van der Waals surface area (Å²) in [5.74, 6) is 0.346. The normalized spacial score (nSPS) is 11.7. The van der Waals surface area contributed by atoms with Crippen molar-refractivity contribution in [3.05, 3.63) is 66.1 Å². The van der Waals surface area contributed by atoms with Gasteiger partial charge in [-0.1, -0.05) is 12.1 Å². The number of anilines is 1. The minimum absolute atomic E-state index is 0.224. The van der Waals surface area contributed by atoms with E-state index in [1.165, 1.54) is 36.7 Å². The number of halogens is 1. The molecule has 1 N–H and O–H groups in total. The van der Waals surface area contributed by atoms with Crippen LogP contribution in [0.15, 0.2) is 59.6 Å². The van der Waals surface area contributed by atoms with E-state index < -0.39 is 10.0 Å². The second-order valence-electron chi connectivity index (χ2n) is 6.83. The Kier molecular flexibility index (Phi) is 5.53. The molecule has 0 fully saturated rings. The number of hydrogen-bond acceptors (Lipinski definition) is 8. The van der Waals surface area contributed by atoms with E-state index in [-0.39, 0.29) is 10.7 Å². The van der Waals surface area contributed by atoms with Gasteiger partial charge in [-0.05, 0) is 42.0 Å². The molecule has 11 heteroatoms. The Bertz CT molecular complexity index is 1330. The number of nitrogens with one attached hydrogen (secondary N) is 1. The molecule has 2 aromatic carbocycles. The van der Waals surface area contributed by atoms with Gasteiger partial charge < -0.3 is 5.32 Å². The topological polar surface area (TPSA) is 114 Å². The summed E-state index contributed by atoms with van der Waals surface area (Å²) >= 11 is 0. The highest BCUT2D eigenvalue weighted by Crippen LogP contribution is 2.18. The van der Waals surface area contributed by atoms with Crippen LogP contribution in [0.2, 0.25) is 0 Å². The summed E-state index contributed by atoms with van der Waals surface area (Å²) in [5, 5.41) is 11.2. The van der Waals surface area contributed by atoms with Gasteiger partial charge in [0.1, 0.15) is 11.3 Å². The van der Waals surface area contributed by atoms with Crippen LogP contribution in [-0.4, -0.2) is 52.0 Å². The molecule has 0 aliphatic carbocycles. The molecule has 2 aromatic heterocycles. The molecule has 0 atom stereocenters. The summed E-state index contributed by atoms with van der Waals surface area (Å²) in [7, 11) is -0.487. The van der Waals surface area contributed by atoms with E-state index in [0.717, 1.165) is 5.56 Å². The van der Waals surface area contributed by atoms with Crippen LogP contribution in [0, 0.1) is 5.82 Å². The second kappa shape index (κ2) is 8.28. The highest BCUT2D eigenvalue weighted by atomic mass is 32.2. The molecule has 158 valence electrons. The molecule has 0 aliphatic heterocycles. The Balaban J connectivity index is 1.48. The van der Waals surface area contributed by atoms with Gasteiger partial charge in [-0.3, -0.25) is 0 Å². The number of aromatic nitrogens is 5. The first-order valence-corrected chi connectivity index (χ1v) is 10.7. The molecule has 0 saturated carbocycles. The fourth-order valence-corrected chi connectivity index (χ4v) is 3.63. The molecule has 0 bridgehead atoms. The largest absolute Gasteiger partial charge is 0.350 e. The van der Waals surface area contributed by atoms with Gasteiger partial charge in [-0.25, -0.2) is 27.1 Å². The molecule has 4 rings (SSSR count). The zero-order chi connectivity index (χ0) is 22.0. The molecule has 0 amide bonds. The van der Waals surface area contributed by atoms with Crippen LogP contribution in [0.1, 0.15) is 5.56 Å². The first kappa shape index (κ1) is 20.7. The van der Waals surface area contributed by atoms with Crippen molar-refractivity contribution < 1.29 is 12.8 Å². The first-order valence-electron chi connectivity index (χ1n) is 9.22. The van der Waals surface area contributed by atoms with Crippen LogP contribution in [0.4, 0.5) is 10.3 Å². The third-order valence-electron chi connectivity index (χ3n) is 4.47. The summed E-state index contributed by atoms with van der Waals surface area (Å²) in [6.45, 7) is 0.391. The highest BCUT2D eigenvalue weighted by molar-refractivity contribution is 7.89. The molecule has 0 radical (unpaired) electrons. The van der Waals surface area contributed by atoms with E-state index in [2.05, 4.69) is 30.5 Å². The first-order chi connectivity index (χ1) is 14.8. The Morgan fingerprint density at radius 3 is 2.35 bits per heavy atom. The zero-order valence-electron chi connectivity index (χ0n) is 16.7. The number of benzene rings is 2. The van der Waals surface area contributed by atoms with E-state index in [4.69, 9.17) is 0 Å². The summed E-state index contributed by atoms with van der Waals surface area (Å²) in [6, 6.07) is 12.4. The van der Waals surface area contributed by atoms with Gasteiger partial charge in [0.05, 0.1) is 11.1 Å². The van der Waals surface area contributed by atoms with Gasteiger partial charge in [-0.2, -0.15) is 4.98 Å². The van der Waals surface area contributed by atoms with Crippen molar-refractivity contribution in [2.75, 3.05) is 19.4 Å². The summed E-state index contributed by atoms with van der Waals surface area (Å²) in [5.41, 5.74) is 2.27. The fraction of sp³-hybridized carbons (Fsp3) is 0.150. The van der Waals surface area contributed by atoms with E-state index in [9.17, 15) is 12.8 Å². The lowest BCUT2D eigenvalue weighted by atomic mass is 10.2. The number of rotatable bonds is 6. The maximum absolute atomic E-state index is 13.1. The van der Waals surface area contributed by atoms with Crippen LogP contribution in [-0.2, 0) is 16.6 Å². The lowest BCUT2D eigenvalue weighted by molar-refractivity contribution is 0.520. The van der Waals surface area contributed by atoms with Crippen molar-refractivity contribution in [2.24, 2.45) is 0 Å². The molecule has 0 unspecified atom stereocenters. The predicted octanol–water partition coefficient (Wildman–Crippen LogP) is 2.48. The lowest BCUT2D eigenvalue weighted by Gasteiger charge is -2.12. The van der Waals surface area contributed by atoms with Gasteiger partial charge in [0.2, 0.25) is 21.6 Å². The standard InChI is InChI=1S/C20H18FN7O2S/c1-28(2)31(29,30)16-9-3-13(4-10-16)11-22-20-23-12-17-19(25-20)27-26-18(24-17)14-5-7-15(21)8-6-14/h3-10,12H,11H2,1-2H3,(H,22,23,25,27). The number of hydrogen-bond donors (Lipinski definition) is 1. The molecule has 9 nitrogen and oxygen atoms in total. The summed E-state index contributed by atoms with van der Waals surface area (Å²) in [4.78, 5) is 13.1. The van der Waals surface area contributed by atoms with E-state index in [0.29, 0.717) is 35.0 Å². The molecule has 2 heterocycles. The van der Waals surface area contributed by atoms with Crippen molar-refractivity contribution in [1.82, 2.24) is 29.5 Å². The monoisotopic (exact) mass is 439 g/mol. The van der Waals surface area contributed by atoms with Crippen LogP contribution in [0.5, 0.6) is 0 Å². The molecule has 0 saturated heterocycles. The summed E-state index contributed by atoms with van der Waals surface area (Å²) < 4.78 is 38.5. The zero-order valence-corrected chi connectivity index (χ0v) is 17.5. The van der Waals surface area contributed by atoms with Crippen LogP contribution < -0.4 is 5.32 Å². The SMILES string of the molecule is CN(C)S(=O)(=O)c1ccc(CNc2ncc3nc(-c4ccc(F)cc4)nnc3n2)cc1. The summed E-state index contributed by atoms with van der Waals surface area (Å²) in [6.07, 6.45) is 1.53. The van der Waals surface area contributed by atoms with Gasteiger partial charge >= 0.3 is 0 Å². The maximum atomic E-state index is 13.1.